The Bertz CT molecular complexity index is 1030. The fourth-order valence-corrected chi connectivity index (χ4v) is 2.94. The second-order valence-electron chi connectivity index (χ2n) is 6.90. The van der Waals surface area contributed by atoms with Crippen LogP contribution in [0.5, 0.6) is 5.75 Å². The van der Waals surface area contributed by atoms with Gasteiger partial charge >= 0.3 is 0 Å². The van der Waals surface area contributed by atoms with E-state index in [0.29, 0.717) is 41.7 Å². The molecule has 0 aliphatic rings. The van der Waals surface area contributed by atoms with Crippen LogP contribution in [-0.4, -0.2) is 28.1 Å². The van der Waals surface area contributed by atoms with Crippen molar-refractivity contribution in [2.75, 3.05) is 11.9 Å². The highest BCUT2D eigenvalue weighted by Crippen LogP contribution is 2.18. The molecule has 1 heterocycles. The summed E-state index contributed by atoms with van der Waals surface area (Å²) in [5.74, 6) is 0.0949. The van der Waals surface area contributed by atoms with Crippen molar-refractivity contribution >= 4 is 29.1 Å². The molecule has 2 aromatic carbocycles. The van der Waals surface area contributed by atoms with Gasteiger partial charge in [0.2, 0.25) is 0 Å². The lowest BCUT2D eigenvalue weighted by molar-refractivity contribution is 0.0948. The summed E-state index contributed by atoms with van der Waals surface area (Å²) >= 11 is 5.87. The molecule has 0 saturated carbocycles. The smallest absolute Gasteiger partial charge is 0.273 e. The van der Waals surface area contributed by atoms with Gasteiger partial charge < -0.3 is 15.4 Å². The van der Waals surface area contributed by atoms with Crippen LogP contribution < -0.4 is 15.4 Å². The minimum Gasteiger partial charge on any atom is -0.489 e. The first-order valence-electron chi connectivity index (χ1n) is 10.1. The number of benzene rings is 2. The number of nitrogens with one attached hydrogen (secondary N) is 2. The molecule has 0 unspecified atom stereocenters. The van der Waals surface area contributed by atoms with Gasteiger partial charge in [-0.1, -0.05) is 30.7 Å². The molecular formula is C23H25ClN4O3. The lowest BCUT2D eigenvalue weighted by atomic mass is 10.1. The van der Waals surface area contributed by atoms with Crippen LogP contribution in [0.3, 0.4) is 0 Å². The second-order valence-corrected chi connectivity index (χ2v) is 7.33. The number of hydrogen-bond acceptors (Lipinski definition) is 4. The first-order valence-corrected chi connectivity index (χ1v) is 10.5. The van der Waals surface area contributed by atoms with E-state index in [1.165, 1.54) is 0 Å². The largest absolute Gasteiger partial charge is 0.489 e. The maximum Gasteiger partial charge on any atom is 0.273 e. The third-order valence-electron chi connectivity index (χ3n) is 4.52. The van der Waals surface area contributed by atoms with Crippen molar-refractivity contribution in [2.45, 2.75) is 33.4 Å². The molecule has 0 aliphatic carbocycles. The number of aryl methyl sites for hydroxylation is 1. The first-order chi connectivity index (χ1) is 15.0. The van der Waals surface area contributed by atoms with Gasteiger partial charge in [0.25, 0.3) is 11.8 Å². The van der Waals surface area contributed by atoms with E-state index in [0.717, 1.165) is 12.0 Å². The Morgan fingerprint density at radius 1 is 1.03 bits per heavy atom. The zero-order valence-corrected chi connectivity index (χ0v) is 18.3. The van der Waals surface area contributed by atoms with Gasteiger partial charge in [0.15, 0.2) is 5.69 Å². The van der Waals surface area contributed by atoms with Gasteiger partial charge in [-0.2, -0.15) is 5.10 Å². The van der Waals surface area contributed by atoms with Crippen molar-refractivity contribution in [3.63, 3.8) is 0 Å². The van der Waals surface area contributed by atoms with E-state index in [4.69, 9.17) is 16.3 Å². The lowest BCUT2D eigenvalue weighted by Crippen LogP contribution is -2.26. The standard InChI is InChI=1S/C23H25ClN4O3/c1-3-13-25-23(30)21-20(14-28(4-2)27-21)26-22(29)17-7-5-16(6-8-17)15-31-19-11-9-18(24)10-12-19/h5-12,14H,3-4,13,15H2,1-2H3,(H,25,30)(H,26,29). The SMILES string of the molecule is CCCNC(=O)c1nn(CC)cc1NC(=O)c1ccc(COc2ccc(Cl)cc2)cc1. The molecule has 0 spiro atoms. The molecule has 0 aliphatic heterocycles. The first kappa shape index (κ1) is 22.4. The summed E-state index contributed by atoms with van der Waals surface area (Å²) < 4.78 is 7.34. The molecule has 7 nitrogen and oxygen atoms in total. The number of ether oxygens (including phenoxy) is 1. The molecule has 0 saturated heterocycles. The molecule has 3 rings (SSSR count). The van der Waals surface area contributed by atoms with E-state index in [1.807, 2.05) is 26.0 Å². The zero-order valence-electron chi connectivity index (χ0n) is 17.5. The minimum absolute atomic E-state index is 0.205. The van der Waals surface area contributed by atoms with E-state index in [2.05, 4.69) is 15.7 Å². The Morgan fingerprint density at radius 2 is 1.74 bits per heavy atom. The van der Waals surface area contributed by atoms with Gasteiger partial charge in [0.05, 0.1) is 5.69 Å². The molecule has 2 amide bonds. The normalized spacial score (nSPS) is 10.5. The highest BCUT2D eigenvalue weighted by Gasteiger charge is 2.18. The summed E-state index contributed by atoms with van der Waals surface area (Å²) in [5, 5.41) is 10.5. The van der Waals surface area contributed by atoms with Gasteiger partial charge in [0, 0.05) is 29.9 Å². The predicted molar refractivity (Wildman–Crippen MR) is 121 cm³/mol. The number of hydrogen-bond donors (Lipinski definition) is 2. The molecule has 162 valence electrons. The van der Waals surface area contributed by atoms with Crippen LogP contribution in [0.25, 0.3) is 0 Å². The van der Waals surface area contributed by atoms with Crippen molar-refractivity contribution < 1.29 is 14.3 Å². The van der Waals surface area contributed by atoms with Crippen LogP contribution in [0.4, 0.5) is 5.69 Å². The average molecular weight is 441 g/mol. The zero-order chi connectivity index (χ0) is 22.2. The number of nitrogens with zero attached hydrogens (tertiary/aromatic N) is 2. The number of aromatic nitrogens is 2. The van der Waals surface area contributed by atoms with Crippen LogP contribution >= 0.6 is 11.6 Å². The Balaban J connectivity index is 1.64. The van der Waals surface area contributed by atoms with Crippen molar-refractivity contribution in [1.29, 1.82) is 0 Å². The number of carbonyl (C=O) groups is 2. The lowest BCUT2D eigenvalue weighted by Gasteiger charge is -2.08. The van der Waals surface area contributed by atoms with E-state index < -0.39 is 0 Å². The van der Waals surface area contributed by atoms with Gasteiger partial charge in [-0.05, 0) is 55.3 Å². The maximum absolute atomic E-state index is 12.7. The third-order valence-corrected chi connectivity index (χ3v) is 4.77. The molecule has 2 N–H and O–H groups in total. The summed E-state index contributed by atoms with van der Waals surface area (Å²) in [4.78, 5) is 25.1. The minimum atomic E-state index is -0.314. The molecule has 0 bridgehead atoms. The Kier molecular flexibility index (Phi) is 7.67. The van der Waals surface area contributed by atoms with Crippen molar-refractivity contribution in [3.8, 4) is 5.75 Å². The fraction of sp³-hybridized carbons (Fsp3) is 0.261. The highest BCUT2D eigenvalue weighted by molar-refractivity contribution is 6.30. The summed E-state index contributed by atoms with van der Waals surface area (Å²) in [6, 6.07) is 14.2. The maximum atomic E-state index is 12.7. The molecule has 0 atom stereocenters. The summed E-state index contributed by atoms with van der Waals surface area (Å²) in [6.45, 7) is 5.39. The van der Waals surface area contributed by atoms with E-state index in [1.54, 1.807) is 47.3 Å². The van der Waals surface area contributed by atoms with Gasteiger partial charge in [0.1, 0.15) is 12.4 Å². The Hall–Kier alpha value is -3.32. The molecular weight excluding hydrogens is 416 g/mol. The van der Waals surface area contributed by atoms with Crippen molar-refractivity contribution in [3.05, 3.63) is 76.6 Å². The van der Waals surface area contributed by atoms with Crippen LogP contribution in [0.15, 0.2) is 54.7 Å². The van der Waals surface area contributed by atoms with Crippen LogP contribution in [0, 0.1) is 0 Å². The predicted octanol–water partition coefficient (Wildman–Crippen LogP) is 4.53. The number of amides is 2. The molecule has 3 aromatic rings. The monoisotopic (exact) mass is 440 g/mol. The van der Waals surface area contributed by atoms with Crippen LogP contribution in [0.2, 0.25) is 5.02 Å². The summed E-state index contributed by atoms with van der Waals surface area (Å²) in [6.07, 6.45) is 2.48. The summed E-state index contributed by atoms with van der Waals surface area (Å²) in [5.41, 5.74) is 1.98. The van der Waals surface area contributed by atoms with Gasteiger partial charge in [-0.15, -0.1) is 0 Å². The molecule has 8 heteroatoms. The Morgan fingerprint density at radius 3 is 2.39 bits per heavy atom. The molecule has 31 heavy (non-hydrogen) atoms. The number of anilines is 1. The van der Waals surface area contributed by atoms with Crippen molar-refractivity contribution in [1.82, 2.24) is 15.1 Å². The van der Waals surface area contributed by atoms with Crippen molar-refractivity contribution in [2.24, 2.45) is 0 Å². The molecule has 0 radical (unpaired) electrons. The quantitative estimate of drug-likeness (QED) is 0.512. The van der Waals surface area contributed by atoms with Crippen LogP contribution in [0.1, 0.15) is 46.7 Å². The van der Waals surface area contributed by atoms with Crippen LogP contribution in [-0.2, 0) is 13.2 Å². The van der Waals surface area contributed by atoms with E-state index in [-0.39, 0.29) is 17.5 Å². The fourth-order valence-electron chi connectivity index (χ4n) is 2.81. The highest BCUT2D eigenvalue weighted by atomic mass is 35.5. The average Bonchev–Trinajstić information content (AvgIpc) is 3.20. The third kappa shape index (κ3) is 6.08. The van der Waals surface area contributed by atoms with Gasteiger partial charge in [-0.25, -0.2) is 0 Å². The second kappa shape index (κ2) is 10.6. The summed E-state index contributed by atoms with van der Waals surface area (Å²) in [7, 11) is 0. The van der Waals surface area contributed by atoms with E-state index >= 15 is 0 Å². The van der Waals surface area contributed by atoms with Gasteiger partial charge in [-0.3, -0.25) is 14.3 Å². The number of halogens is 1. The molecule has 1 aromatic heterocycles. The number of rotatable bonds is 9. The number of carbonyl (C=O) groups excluding carboxylic acids is 2. The topological polar surface area (TPSA) is 85.3 Å². The Labute approximate surface area is 186 Å². The van der Waals surface area contributed by atoms with E-state index in [9.17, 15) is 9.59 Å². The molecule has 0 fully saturated rings.